The number of aliphatic hydroxyl groups excluding tert-OH is 1. The second-order valence-corrected chi connectivity index (χ2v) is 10.9. The van der Waals surface area contributed by atoms with Gasteiger partial charge in [-0.3, -0.25) is 19.2 Å². The lowest BCUT2D eigenvalue weighted by Crippen LogP contribution is -2.47. The molecule has 2 fully saturated rings. The summed E-state index contributed by atoms with van der Waals surface area (Å²) in [5, 5.41) is 27.9. The largest absolute Gasteiger partial charge is 0.388 e. The minimum Gasteiger partial charge on any atom is -0.388 e. The summed E-state index contributed by atoms with van der Waals surface area (Å²) in [6, 6.07) is 8.53. The number of hydrogen-bond donors (Lipinski definition) is 3. The number of likely N-dealkylation sites (tertiary alicyclic amines) is 1. The highest BCUT2D eigenvalue weighted by molar-refractivity contribution is 6.02. The molecule has 1 aliphatic heterocycles. The number of piperidine rings is 1. The summed E-state index contributed by atoms with van der Waals surface area (Å²) in [6.07, 6.45) is 7.76. The van der Waals surface area contributed by atoms with Crippen LogP contribution >= 0.6 is 0 Å². The minimum absolute atomic E-state index is 0.0537. The fourth-order valence-corrected chi connectivity index (χ4v) is 5.52. The number of anilines is 1. The Kier molecular flexibility index (Phi) is 7.38. The molecule has 1 aromatic heterocycles. The van der Waals surface area contributed by atoms with Crippen molar-refractivity contribution < 1.29 is 19.1 Å². The molecule has 0 bridgehead atoms. The molecule has 10 heteroatoms. The highest BCUT2D eigenvalue weighted by Gasteiger charge is 2.39. The van der Waals surface area contributed by atoms with Gasteiger partial charge in [0.25, 0.3) is 5.91 Å². The Hall–Kier alpha value is -3.81. The quantitative estimate of drug-likeness (QED) is 0.478. The first-order chi connectivity index (χ1) is 18.7. The smallest absolute Gasteiger partial charge is 0.254 e. The molecule has 0 spiro atoms. The van der Waals surface area contributed by atoms with E-state index in [9.17, 15) is 24.3 Å². The number of nitriles is 1. The maximum absolute atomic E-state index is 13.7. The summed E-state index contributed by atoms with van der Waals surface area (Å²) in [4.78, 5) is 26.7. The summed E-state index contributed by atoms with van der Waals surface area (Å²) < 4.78 is 15.4. The number of nitrogens with two attached hydrogens (primary N) is 1. The molecule has 1 saturated heterocycles. The number of halogens is 1. The van der Waals surface area contributed by atoms with Crippen LogP contribution in [-0.4, -0.2) is 57.3 Å². The number of benzene rings is 1. The standard InChI is InChI=1S/C29H33FN6O3/c1-18-21(7-8-23(25(18)37)20-3-2-4-22(30)15-20)16-35-13-10-29(9-12-31,11-14-35)36-17-24(26(32)38)27(34-36)33-28(39)19-5-6-19/h2-4,7-8,15,17-19,25,37H,5-6,9-11,13-14,16H2,1H3,(H2,32,38)(H,33,34,39). The molecule has 2 unspecified atom stereocenters. The van der Waals surface area contributed by atoms with E-state index in [4.69, 9.17) is 5.73 Å². The molecule has 204 valence electrons. The lowest BCUT2D eigenvalue weighted by Gasteiger charge is -2.42. The fraction of sp³-hybridized carbons (Fsp3) is 0.448. The normalized spacial score (nSPS) is 22.9. The first kappa shape index (κ1) is 26.8. The molecule has 2 aliphatic carbocycles. The molecule has 5 rings (SSSR count). The van der Waals surface area contributed by atoms with E-state index in [1.54, 1.807) is 23.0 Å². The van der Waals surface area contributed by atoms with Crippen LogP contribution in [0, 0.1) is 29.0 Å². The highest BCUT2D eigenvalue weighted by atomic mass is 19.1. The van der Waals surface area contributed by atoms with E-state index in [-0.39, 0.29) is 41.4 Å². The van der Waals surface area contributed by atoms with Crippen molar-refractivity contribution in [3.05, 3.63) is 65.1 Å². The molecular weight excluding hydrogens is 499 g/mol. The summed E-state index contributed by atoms with van der Waals surface area (Å²) in [6.45, 7) is 3.98. The van der Waals surface area contributed by atoms with E-state index < -0.39 is 17.6 Å². The zero-order valence-electron chi connectivity index (χ0n) is 21.9. The Morgan fingerprint density at radius 1 is 1.28 bits per heavy atom. The number of aromatic nitrogens is 2. The zero-order valence-corrected chi connectivity index (χ0v) is 21.9. The van der Waals surface area contributed by atoms with Crippen molar-refractivity contribution in [3.63, 3.8) is 0 Å². The average molecular weight is 533 g/mol. The van der Waals surface area contributed by atoms with E-state index in [0.29, 0.717) is 43.6 Å². The molecule has 39 heavy (non-hydrogen) atoms. The Bertz CT molecular complexity index is 1380. The number of carbonyl (C=O) groups is 2. The Balaban J connectivity index is 1.30. The Labute approximate surface area is 226 Å². The number of aliphatic hydroxyl groups is 1. The van der Waals surface area contributed by atoms with E-state index in [1.807, 2.05) is 19.1 Å². The average Bonchev–Trinajstić information content (AvgIpc) is 3.68. The van der Waals surface area contributed by atoms with Gasteiger partial charge in [0.15, 0.2) is 5.82 Å². The van der Waals surface area contributed by atoms with Gasteiger partial charge in [-0.15, -0.1) is 0 Å². The SMILES string of the molecule is CC1C(CN2CCC(CC#N)(n3cc(C(N)=O)c(NC(=O)C4CC4)n3)CC2)=CC=C(c2cccc(F)c2)C1O. The van der Waals surface area contributed by atoms with Gasteiger partial charge < -0.3 is 16.2 Å². The van der Waals surface area contributed by atoms with Crippen LogP contribution in [0.1, 0.15) is 54.9 Å². The van der Waals surface area contributed by atoms with E-state index in [1.165, 1.54) is 12.1 Å². The van der Waals surface area contributed by atoms with Crippen LogP contribution < -0.4 is 11.1 Å². The van der Waals surface area contributed by atoms with E-state index >= 15 is 0 Å². The third kappa shape index (κ3) is 5.51. The van der Waals surface area contributed by atoms with Crippen LogP contribution in [0.15, 0.2) is 48.2 Å². The van der Waals surface area contributed by atoms with Gasteiger partial charge >= 0.3 is 0 Å². The number of hydrogen-bond acceptors (Lipinski definition) is 6. The lowest BCUT2D eigenvalue weighted by atomic mass is 9.81. The topological polar surface area (TPSA) is 137 Å². The zero-order chi connectivity index (χ0) is 27.7. The lowest BCUT2D eigenvalue weighted by molar-refractivity contribution is -0.117. The molecule has 2 atom stereocenters. The van der Waals surface area contributed by atoms with Crippen molar-refractivity contribution in [2.24, 2.45) is 17.6 Å². The van der Waals surface area contributed by atoms with E-state index in [0.717, 1.165) is 18.4 Å². The summed E-state index contributed by atoms with van der Waals surface area (Å²) in [7, 11) is 0. The molecule has 2 aromatic rings. The predicted octanol–water partition coefficient (Wildman–Crippen LogP) is 3.19. The predicted molar refractivity (Wildman–Crippen MR) is 144 cm³/mol. The molecule has 1 aromatic carbocycles. The number of nitrogens with one attached hydrogen (secondary N) is 1. The third-order valence-corrected chi connectivity index (χ3v) is 8.27. The third-order valence-electron chi connectivity index (χ3n) is 8.27. The van der Waals surface area contributed by atoms with Crippen LogP contribution in [0.5, 0.6) is 0 Å². The summed E-state index contributed by atoms with van der Waals surface area (Å²) >= 11 is 0. The number of primary amides is 1. The second kappa shape index (κ2) is 10.8. The van der Waals surface area contributed by atoms with Crippen LogP contribution in [0.2, 0.25) is 0 Å². The molecule has 3 aliphatic rings. The van der Waals surface area contributed by atoms with Gasteiger partial charge in [-0.05, 0) is 49.0 Å². The molecule has 9 nitrogen and oxygen atoms in total. The van der Waals surface area contributed by atoms with Crippen molar-refractivity contribution in [2.45, 2.75) is 50.7 Å². The van der Waals surface area contributed by atoms with Crippen molar-refractivity contribution in [1.82, 2.24) is 14.7 Å². The molecular formula is C29H33FN6O3. The number of allylic oxidation sites excluding steroid dienone is 2. The maximum Gasteiger partial charge on any atom is 0.254 e. The molecule has 1 saturated carbocycles. The number of carbonyl (C=O) groups excluding carboxylic acids is 2. The van der Waals surface area contributed by atoms with Crippen LogP contribution in [0.4, 0.5) is 10.2 Å². The van der Waals surface area contributed by atoms with Crippen molar-refractivity contribution in [3.8, 4) is 6.07 Å². The highest BCUT2D eigenvalue weighted by Crippen LogP contribution is 2.37. The van der Waals surface area contributed by atoms with Gasteiger partial charge in [0.2, 0.25) is 5.91 Å². The van der Waals surface area contributed by atoms with Crippen molar-refractivity contribution in [1.29, 1.82) is 5.26 Å². The molecule has 0 radical (unpaired) electrons. The monoisotopic (exact) mass is 532 g/mol. The minimum atomic E-state index is -0.741. The van der Waals surface area contributed by atoms with Gasteiger partial charge in [0.05, 0.1) is 24.1 Å². The maximum atomic E-state index is 13.7. The van der Waals surface area contributed by atoms with Crippen molar-refractivity contribution >= 4 is 23.2 Å². The van der Waals surface area contributed by atoms with Crippen LogP contribution in [0.3, 0.4) is 0 Å². The summed E-state index contributed by atoms with van der Waals surface area (Å²) in [5.74, 6) is -1.23. The number of nitrogens with zero attached hydrogens (tertiary/aromatic N) is 4. The second-order valence-electron chi connectivity index (χ2n) is 10.9. The molecule has 2 amide bonds. The first-order valence-corrected chi connectivity index (χ1v) is 13.4. The van der Waals surface area contributed by atoms with Gasteiger partial charge in [0.1, 0.15) is 11.4 Å². The number of amides is 2. The van der Waals surface area contributed by atoms with Gasteiger partial charge in [-0.2, -0.15) is 10.4 Å². The van der Waals surface area contributed by atoms with Gasteiger partial charge in [0, 0.05) is 37.7 Å². The van der Waals surface area contributed by atoms with Crippen molar-refractivity contribution in [2.75, 3.05) is 25.0 Å². The molecule has 4 N–H and O–H groups in total. The summed E-state index contributed by atoms with van der Waals surface area (Å²) in [5.41, 5.74) is 7.54. The van der Waals surface area contributed by atoms with Crippen LogP contribution in [-0.2, 0) is 10.3 Å². The molecule has 2 heterocycles. The Morgan fingerprint density at radius 2 is 2.03 bits per heavy atom. The van der Waals surface area contributed by atoms with Gasteiger partial charge in [-0.25, -0.2) is 4.39 Å². The van der Waals surface area contributed by atoms with Gasteiger partial charge in [-0.1, -0.05) is 36.8 Å². The van der Waals surface area contributed by atoms with E-state index in [2.05, 4.69) is 21.4 Å². The Morgan fingerprint density at radius 3 is 2.67 bits per heavy atom. The number of rotatable bonds is 8. The van der Waals surface area contributed by atoms with Crippen LogP contribution in [0.25, 0.3) is 5.57 Å². The first-order valence-electron chi connectivity index (χ1n) is 13.4. The fourth-order valence-electron chi connectivity index (χ4n) is 5.52.